The Morgan fingerprint density at radius 1 is 1.42 bits per heavy atom. The fourth-order valence-electron chi connectivity index (χ4n) is 2.50. The SMILES string of the molecule is CN(c1nnc(SCC(=O)O)n1C)C1CCCCC1. The van der Waals surface area contributed by atoms with Gasteiger partial charge in [0.05, 0.1) is 5.75 Å². The van der Waals surface area contributed by atoms with E-state index in [1.807, 2.05) is 18.7 Å². The lowest BCUT2D eigenvalue weighted by molar-refractivity contribution is -0.133. The van der Waals surface area contributed by atoms with Gasteiger partial charge >= 0.3 is 5.97 Å². The van der Waals surface area contributed by atoms with Gasteiger partial charge in [-0.15, -0.1) is 10.2 Å². The van der Waals surface area contributed by atoms with Crippen molar-refractivity contribution in [3.8, 4) is 0 Å². The average Bonchev–Trinajstić information content (AvgIpc) is 2.78. The first-order chi connectivity index (χ1) is 9.09. The number of nitrogens with zero attached hydrogens (tertiary/aromatic N) is 4. The minimum atomic E-state index is -0.838. The van der Waals surface area contributed by atoms with Crippen molar-refractivity contribution in [2.45, 2.75) is 43.3 Å². The molecular formula is C12H20N4O2S. The first kappa shape index (κ1) is 14.2. The van der Waals surface area contributed by atoms with Crippen molar-refractivity contribution >= 4 is 23.7 Å². The third-order valence-electron chi connectivity index (χ3n) is 3.57. The van der Waals surface area contributed by atoms with Crippen molar-refractivity contribution in [3.05, 3.63) is 0 Å². The quantitative estimate of drug-likeness (QED) is 0.831. The lowest BCUT2D eigenvalue weighted by Gasteiger charge is -2.31. The number of carboxylic acid groups (broad SMARTS) is 1. The van der Waals surface area contributed by atoms with Gasteiger partial charge in [0.1, 0.15) is 0 Å². The third kappa shape index (κ3) is 3.40. The Morgan fingerprint density at radius 3 is 2.74 bits per heavy atom. The molecule has 1 saturated carbocycles. The maximum absolute atomic E-state index is 10.6. The van der Waals surface area contributed by atoms with Crippen LogP contribution in [0.3, 0.4) is 0 Å². The molecule has 19 heavy (non-hydrogen) atoms. The van der Waals surface area contributed by atoms with Crippen LogP contribution >= 0.6 is 11.8 Å². The highest BCUT2D eigenvalue weighted by molar-refractivity contribution is 7.99. The normalized spacial score (nSPS) is 16.5. The van der Waals surface area contributed by atoms with Gasteiger partial charge in [0, 0.05) is 20.1 Å². The molecule has 0 aromatic carbocycles. The maximum atomic E-state index is 10.6. The van der Waals surface area contributed by atoms with Crippen LogP contribution in [-0.2, 0) is 11.8 Å². The molecule has 1 aromatic heterocycles. The Balaban J connectivity index is 2.05. The van der Waals surface area contributed by atoms with Crippen LogP contribution in [0.4, 0.5) is 5.95 Å². The molecule has 0 spiro atoms. The van der Waals surface area contributed by atoms with Crippen LogP contribution in [0.5, 0.6) is 0 Å². The first-order valence-electron chi connectivity index (χ1n) is 6.56. The topological polar surface area (TPSA) is 71.2 Å². The van der Waals surface area contributed by atoms with Crippen LogP contribution in [-0.4, -0.2) is 44.7 Å². The molecule has 0 saturated heterocycles. The highest BCUT2D eigenvalue weighted by atomic mass is 32.2. The predicted molar refractivity (Wildman–Crippen MR) is 74.6 cm³/mol. The predicted octanol–water partition coefficient (Wildman–Crippen LogP) is 1.76. The Kier molecular flexibility index (Phi) is 4.68. The van der Waals surface area contributed by atoms with Crippen molar-refractivity contribution in [3.63, 3.8) is 0 Å². The molecule has 1 heterocycles. The zero-order valence-electron chi connectivity index (χ0n) is 11.4. The number of hydrogen-bond donors (Lipinski definition) is 1. The van der Waals surface area contributed by atoms with E-state index in [-0.39, 0.29) is 5.75 Å². The summed E-state index contributed by atoms with van der Waals surface area (Å²) in [5, 5.41) is 17.6. The largest absolute Gasteiger partial charge is 0.481 e. The van der Waals surface area contributed by atoms with E-state index in [0.29, 0.717) is 11.2 Å². The summed E-state index contributed by atoms with van der Waals surface area (Å²) in [6.45, 7) is 0. The highest BCUT2D eigenvalue weighted by Crippen LogP contribution is 2.26. The van der Waals surface area contributed by atoms with Crippen LogP contribution < -0.4 is 4.90 Å². The molecule has 1 aliphatic carbocycles. The molecule has 106 valence electrons. The summed E-state index contributed by atoms with van der Waals surface area (Å²) in [6.07, 6.45) is 6.26. The van der Waals surface area contributed by atoms with Gasteiger partial charge in [-0.2, -0.15) is 0 Å². The van der Waals surface area contributed by atoms with E-state index >= 15 is 0 Å². The Hall–Kier alpha value is -1.24. The van der Waals surface area contributed by atoms with E-state index in [4.69, 9.17) is 5.11 Å². The monoisotopic (exact) mass is 284 g/mol. The number of carbonyl (C=O) groups is 1. The van der Waals surface area contributed by atoms with Gasteiger partial charge in [0.25, 0.3) is 0 Å². The van der Waals surface area contributed by atoms with E-state index in [0.717, 1.165) is 5.95 Å². The fourth-order valence-corrected chi connectivity index (χ4v) is 3.12. The highest BCUT2D eigenvalue weighted by Gasteiger charge is 2.22. The lowest BCUT2D eigenvalue weighted by Crippen LogP contribution is -2.35. The van der Waals surface area contributed by atoms with Crippen molar-refractivity contribution < 1.29 is 9.90 Å². The minimum absolute atomic E-state index is 0.0130. The van der Waals surface area contributed by atoms with E-state index in [1.54, 1.807) is 0 Å². The number of rotatable bonds is 5. The maximum Gasteiger partial charge on any atom is 0.313 e. The van der Waals surface area contributed by atoms with Gasteiger partial charge in [-0.25, -0.2) is 0 Å². The van der Waals surface area contributed by atoms with Crippen molar-refractivity contribution in [1.82, 2.24) is 14.8 Å². The summed E-state index contributed by atoms with van der Waals surface area (Å²) < 4.78 is 1.88. The van der Waals surface area contributed by atoms with Gasteiger partial charge in [-0.05, 0) is 12.8 Å². The lowest BCUT2D eigenvalue weighted by atomic mass is 9.95. The van der Waals surface area contributed by atoms with Crippen LogP contribution in [0.25, 0.3) is 0 Å². The number of aromatic nitrogens is 3. The zero-order chi connectivity index (χ0) is 13.8. The number of aliphatic carboxylic acids is 1. The molecule has 0 bridgehead atoms. The second-order valence-electron chi connectivity index (χ2n) is 4.93. The summed E-state index contributed by atoms with van der Waals surface area (Å²) in [7, 11) is 3.94. The molecule has 2 rings (SSSR count). The summed E-state index contributed by atoms with van der Waals surface area (Å²) in [4.78, 5) is 12.8. The molecule has 0 amide bonds. The van der Waals surface area contributed by atoms with Crippen LogP contribution in [0.1, 0.15) is 32.1 Å². The Morgan fingerprint density at radius 2 is 2.11 bits per heavy atom. The number of carboxylic acids is 1. The molecule has 0 atom stereocenters. The summed E-state index contributed by atoms with van der Waals surface area (Å²) in [6, 6.07) is 0.522. The molecule has 6 nitrogen and oxygen atoms in total. The second kappa shape index (κ2) is 6.27. The zero-order valence-corrected chi connectivity index (χ0v) is 12.2. The first-order valence-corrected chi connectivity index (χ1v) is 7.55. The number of hydrogen-bond acceptors (Lipinski definition) is 5. The van der Waals surface area contributed by atoms with Gasteiger partial charge in [-0.3, -0.25) is 9.36 Å². The minimum Gasteiger partial charge on any atom is -0.481 e. The standard InChI is InChI=1S/C12H20N4O2S/c1-15(9-6-4-3-5-7-9)11-13-14-12(16(11)2)19-8-10(17)18/h9H,3-8H2,1-2H3,(H,17,18). The van der Waals surface area contributed by atoms with Crippen LogP contribution in [0.15, 0.2) is 5.16 Å². The molecular weight excluding hydrogens is 264 g/mol. The van der Waals surface area contributed by atoms with Crippen molar-refractivity contribution in [2.75, 3.05) is 17.7 Å². The van der Waals surface area contributed by atoms with Crippen molar-refractivity contribution in [2.24, 2.45) is 7.05 Å². The smallest absolute Gasteiger partial charge is 0.313 e. The summed E-state index contributed by atoms with van der Waals surface area (Å²) in [5.74, 6) is -0.00553. The van der Waals surface area contributed by atoms with E-state index in [2.05, 4.69) is 15.1 Å². The van der Waals surface area contributed by atoms with E-state index in [9.17, 15) is 4.79 Å². The molecule has 7 heteroatoms. The van der Waals surface area contributed by atoms with Crippen LogP contribution in [0, 0.1) is 0 Å². The number of thioether (sulfide) groups is 1. The molecule has 1 N–H and O–H groups in total. The molecule has 0 radical (unpaired) electrons. The molecule has 1 aliphatic rings. The summed E-state index contributed by atoms with van der Waals surface area (Å²) >= 11 is 1.20. The van der Waals surface area contributed by atoms with E-state index in [1.165, 1.54) is 43.9 Å². The third-order valence-corrected chi connectivity index (χ3v) is 4.58. The van der Waals surface area contributed by atoms with Gasteiger partial charge in [-0.1, -0.05) is 31.0 Å². The molecule has 0 unspecified atom stereocenters. The number of anilines is 1. The Bertz CT molecular complexity index is 443. The van der Waals surface area contributed by atoms with Gasteiger partial charge in [0.2, 0.25) is 5.95 Å². The summed E-state index contributed by atoms with van der Waals surface area (Å²) in [5.41, 5.74) is 0. The van der Waals surface area contributed by atoms with Gasteiger partial charge in [0.15, 0.2) is 5.16 Å². The molecule has 0 aliphatic heterocycles. The van der Waals surface area contributed by atoms with E-state index < -0.39 is 5.97 Å². The Labute approximate surface area is 117 Å². The second-order valence-corrected chi connectivity index (χ2v) is 5.87. The molecule has 1 fully saturated rings. The van der Waals surface area contributed by atoms with Gasteiger partial charge < -0.3 is 10.0 Å². The average molecular weight is 284 g/mol. The van der Waals surface area contributed by atoms with Crippen molar-refractivity contribution in [1.29, 1.82) is 0 Å². The fraction of sp³-hybridized carbons (Fsp3) is 0.750. The molecule has 1 aromatic rings. The van der Waals surface area contributed by atoms with Crippen LogP contribution in [0.2, 0.25) is 0 Å².